The molecule has 0 unspecified atom stereocenters. The third-order valence-electron chi connectivity index (χ3n) is 5.88. The minimum absolute atomic E-state index is 0.256. The smallest absolute Gasteiger partial charge is 0.274 e. The van der Waals surface area contributed by atoms with Crippen molar-refractivity contribution in [1.82, 2.24) is 14.7 Å². The van der Waals surface area contributed by atoms with Gasteiger partial charge in [0.1, 0.15) is 11.5 Å². The zero-order valence-corrected chi connectivity index (χ0v) is 21.2. The number of benzene rings is 3. The van der Waals surface area contributed by atoms with Crippen LogP contribution >= 0.6 is 27.5 Å². The number of hydrogen-bond acceptors (Lipinski definition) is 4. The van der Waals surface area contributed by atoms with E-state index in [1.54, 1.807) is 16.8 Å². The second-order valence-corrected chi connectivity index (χ2v) is 9.52. The maximum atomic E-state index is 13.2. The third-order valence-corrected chi connectivity index (χ3v) is 6.68. The minimum atomic E-state index is -0.256. The average Bonchev–Trinajstić information content (AvgIpc) is 3.45. The first kappa shape index (κ1) is 22.6. The molecule has 0 saturated carbocycles. The van der Waals surface area contributed by atoms with Crippen LogP contribution in [0.15, 0.2) is 70.1 Å². The van der Waals surface area contributed by atoms with Crippen molar-refractivity contribution in [2.45, 2.75) is 13.8 Å². The van der Waals surface area contributed by atoms with Crippen LogP contribution in [-0.2, 0) is 0 Å². The first-order valence-electron chi connectivity index (χ1n) is 11.1. The predicted octanol–water partition coefficient (Wildman–Crippen LogP) is 6.08. The van der Waals surface area contributed by atoms with Gasteiger partial charge in [-0.05, 0) is 73.2 Å². The van der Waals surface area contributed by atoms with E-state index < -0.39 is 0 Å². The van der Waals surface area contributed by atoms with Gasteiger partial charge in [0.25, 0.3) is 5.91 Å². The number of aliphatic imine (C=N–C) groups is 1. The minimum Gasteiger partial charge on any atom is -0.355 e. The number of halogens is 2. The number of aryl methyl sites for hydroxylation is 1. The highest BCUT2D eigenvalue weighted by molar-refractivity contribution is 9.10. The number of amides is 1. The second-order valence-electron chi connectivity index (χ2n) is 8.19. The van der Waals surface area contributed by atoms with Crippen LogP contribution in [0.2, 0.25) is 5.02 Å². The molecule has 5 rings (SSSR count). The van der Waals surface area contributed by atoms with Crippen LogP contribution < -0.4 is 5.32 Å². The van der Waals surface area contributed by atoms with Crippen molar-refractivity contribution in [3.05, 3.63) is 87.1 Å². The molecular weight excluding hydrogens is 514 g/mol. The van der Waals surface area contributed by atoms with Crippen LogP contribution in [0.1, 0.15) is 28.7 Å². The summed E-state index contributed by atoms with van der Waals surface area (Å²) in [7, 11) is 0. The van der Waals surface area contributed by atoms with Gasteiger partial charge >= 0.3 is 0 Å². The molecule has 6 nitrogen and oxygen atoms in total. The number of nitrogens with one attached hydrogen (secondary N) is 1. The quantitative estimate of drug-likeness (QED) is 0.336. The van der Waals surface area contributed by atoms with Crippen molar-refractivity contribution in [2.75, 3.05) is 25.0 Å². The van der Waals surface area contributed by atoms with Gasteiger partial charge < -0.3 is 10.2 Å². The number of carbonyl (C=O) groups excluding carboxylic acids is 1. The predicted molar refractivity (Wildman–Crippen MR) is 142 cm³/mol. The molecule has 1 amide bonds. The van der Waals surface area contributed by atoms with Crippen LogP contribution in [0.4, 0.5) is 5.69 Å². The Balaban J connectivity index is 1.42. The molecule has 0 aliphatic carbocycles. The zero-order chi connectivity index (χ0) is 23.8. The molecule has 1 N–H and O–H groups in total. The summed E-state index contributed by atoms with van der Waals surface area (Å²) in [6.45, 7) is 6.52. The van der Waals surface area contributed by atoms with Crippen LogP contribution in [0.5, 0.6) is 0 Å². The number of anilines is 1. The Kier molecular flexibility index (Phi) is 6.15. The highest BCUT2D eigenvalue weighted by Crippen LogP contribution is 2.26. The van der Waals surface area contributed by atoms with Crippen LogP contribution in [-0.4, -0.2) is 46.1 Å². The molecule has 0 bridgehead atoms. The Morgan fingerprint density at radius 2 is 1.88 bits per heavy atom. The fourth-order valence-corrected chi connectivity index (χ4v) is 4.85. The van der Waals surface area contributed by atoms with Gasteiger partial charge in [-0.25, -0.2) is 4.68 Å². The summed E-state index contributed by atoms with van der Waals surface area (Å²) in [6, 6.07) is 19.4. The Bertz CT molecular complexity index is 1440. The van der Waals surface area contributed by atoms with E-state index in [2.05, 4.69) is 49.2 Å². The first-order valence-corrected chi connectivity index (χ1v) is 12.3. The molecule has 8 heteroatoms. The number of likely N-dealkylation sites (N-methyl/N-ethyl adjacent to an activating group) is 1. The molecule has 1 aliphatic rings. The average molecular weight is 537 g/mol. The summed E-state index contributed by atoms with van der Waals surface area (Å²) < 4.78 is 2.70. The number of fused-ring (bicyclic) bond motifs is 1. The molecule has 0 atom stereocenters. The van der Waals surface area contributed by atoms with E-state index in [9.17, 15) is 4.79 Å². The van der Waals surface area contributed by atoms with Gasteiger partial charge in [0.05, 0.1) is 22.9 Å². The normalized spacial score (nSPS) is 13.4. The van der Waals surface area contributed by atoms with E-state index in [-0.39, 0.29) is 5.91 Å². The van der Waals surface area contributed by atoms with Gasteiger partial charge in [-0.3, -0.25) is 9.79 Å². The van der Waals surface area contributed by atoms with E-state index in [4.69, 9.17) is 11.6 Å². The van der Waals surface area contributed by atoms with Crippen molar-refractivity contribution >= 4 is 55.7 Å². The van der Waals surface area contributed by atoms with Gasteiger partial charge in [-0.15, -0.1) is 0 Å². The summed E-state index contributed by atoms with van der Waals surface area (Å²) in [5, 5.41) is 10.3. The second kappa shape index (κ2) is 9.24. The van der Waals surface area contributed by atoms with Crippen molar-refractivity contribution in [2.24, 2.45) is 4.99 Å². The highest BCUT2D eigenvalue weighted by Gasteiger charge is 2.21. The van der Waals surface area contributed by atoms with Crippen molar-refractivity contribution in [3.8, 4) is 5.69 Å². The van der Waals surface area contributed by atoms with E-state index in [0.717, 1.165) is 57.7 Å². The lowest BCUT2D eigenvalue weighted by atomic mass is 10.1. The van der Waals surface area contributed by atoms with Crippen LogP contribution in [0.25, 0.3) is 16.5 Å². The third kappa shape index (κ3) is 4.33. The number of carbonyl (C=O) groups is 1. The highest BCUT2D eigenvalue weighted by atomic mass is 79.9. The van der Waals surface area contributed by atoms with E-state index in [1.807, 2.05) is 49.4 Å². The molecule has 172 valence electrons. The summed E-state index contributed by atoms with van der Waals surface area (Å²) in [5.41, 5.74) is 3.53. The summed E-state index contributed by atoms with van der Waals surface area (Å²) in [4.78, 5) is 20.0. The standard InChI is InChI=1S/C26H23BrClN5O/c1-3-32-11-10-29-25(32)22-9-7-20(15-23(22)28)30-26(34)24-12-16(2)31-33(24)21-8-5-17-13-19(27)6-4-18(17)14-21/h4-9,12-15H,3,10-11H2,1-2H3,(H,30,34). The monoisotopic (exact) mass is 535 g/mol. The van der Waals surface area contributed by atoms with E-state index in [0.29, 0.717) is 16.4 Å². The van der Waals surface area contributed by atoms with Crippen molar-refractivity contribution in [1.29, 1.82) is 0 Å². The largest absolute Gasteiger partial charge is 0.355 e. The molecule has 34 heavy (non-hydrogen) atoms. The molecule has 0 spiro atoms. The fourth-order valence-electron chi connectivity index (χ4n) is 4.21. The number of amidine groups is 1. The Labute approximate surface area is 211 Å². The maximum Gasteiger partial charge on any atom is 0.274 e. The number of hydrogen-bond donors (Lipinski definition) is 1. The molecule has 2 heterocycles. The number of aromatic nitrogens is 2. The molecule has 1 aromatic heterocycles. The Hall–Kier alpha value is -3.16. The fraction of sp³-hybridized carbons (Fsp3) is 0.192. The molecule has 0 saturated heterocycles. The molecule has 1 aliphatic heterocycles. The van der Waals surface area contributed by atoms with E-state index in [1.165, 1.54) is 0 Å². The van der Waals surface area contributed by atoms with Crippen LogP contribution in [0, 0.1) is 6.92 Å². The van der Waals surface area contributed by atoms with Crippen molar-refractivity contribution in [3.63, 3.8) is 0 Å². The van der Waals surface area contributed by atoms with Gasteiger partial charge in [0, 0.05) is 28.8 Å². The van der Waals surface area contributed by atoms with Gasteiger partial charge in [0.2, 0.25) is 0 Å². The first-order chi connectivity index (χ1) is 16.4. The summed E-state index contributed by atoms with van der Waals surface area (Å²) in [6.07, 6.45) is 0. The van der Waals surface area contributed by atoms with E-state index >= 15 is 0 Å². The molecule has 3 aromatic carbocycles. The van der Waals surface area contributed by atoms with Crippen LogP contribution in [0.3, 0.4) is 0 Å². The molecule has 4 aromatic rings. The molecular formula is C26H23BrClN5O. The Morgan fingerprint density at radius 3 is 2.68 bits per heavy atom. The Morgan fingerprint density at radius 1 is 1.09 bits per heavy atom. The maximum absolute atomic E-state index is 13.2. The molecule has 0 radical (unpaired) electrons. The van der Waals surface area contributed by atoms with Gasteiger partial charge in [-0.2, -0.15) is 5.10 Å². The topological polar surface area (TPSA) is 62.5 Å². The SMILES string of the molecule is CCN1CCN=C1c1ccc(NC(=O)c2cc(C)nn2-c2ccc3cc(Br)ccc3c2)cc1Cl. The number of rotatable bonds is 5. The lowest BCUT2D eigenvalue weighted by molar-refractivity contribution is 0.101. The van der Waals surface area contributed by atoms with Gasteiger partial charge in [0.15, 0.2) is 0 Å². The summed E-state index contributed by atoms with van der Waals surface area (Å²) in [5.74, 6) is 0.649. The number of nitrogens with zero attached hydrogens (tertiary/aromatic N) is 4. The lowest BCUT2D eigenvalue weighted by Crippen LogP contribution is -2.28. The van der Waals surface area contributed by atoms with Gasteiger partial charge in [-0.1, -0.05) is 39.7 Å². The molecule has 0 fully saturated rings. The van der Waals surface area contributed by atoms with Crippen molar-refractivity contribution < 1.29 is 4.79 Å². The zero-order valence-electron chi connectivity index (χ0n) is 18.8. The lowest BCUT2D eigenvalue weighted by Gasteiger charge is -2.19. The summed E-state index contributed by atoms with van der Waals surface area (Å²) >= 11 is 10.1.